The number of benzene rings is 2. The first kappa shape index (κ1) is 14.3. The molecule has 1 aromatic heterocycles. The van der Waals surface area contributed by atoms with Crippen LogP contribution >= 0.6 is 11.3 Å². The maximum atomic E-state index is 12.2. The van der Waals surface area contributed by atoms with E-state index in [2.05, 4.69) is 5.32 Å². The molecule has 5 heteroatoms. The summed E-state index contributed by atoms with van der Waals surface area (Å²) in [5.74, 6) is -0.0557. The molecular formula is C17H15N3OS. The van der Waals surface area contributed by atoms with E-state index >= 15 is 0 Å². The van der Waals surface area contributed by atoms with Crippen molar-refractivity contribution < 1.29 is 4.79 Å². The van der Waals surface area contributed by atoms with Crippen molar-refractivity contribution in [3.8, 4) is 0 Å². The van der Waals surface area contributed by atoms with Gasteiger partial charge in [-0.05, 0) is 29.1 Å². The number of fused-ring (bicyclic) bond motifs is 1. The molecule has 0 spiro atoms. The molecule has 0 unspecified atom stereocenters. The number of amides is 1. The zero-order chi connectivity index (χ0) is 15.5. The Morgan fingerprint density at radius 3 is 2.64 bits per heavy atom. The van der Waals surface area contributed by atoms with Crippen molar-refractivity contribution in [2.24, 2.45) is 5.73 Å². The largest absolute Gasteiger partial charge is 0.383 e. The lowest BCUT2D eigenvalue weighted by atomic mass is 10.1. The average Bonchev–Trinajstić information content (AvgIpc) is 2.97. The maximum absolute atomic E-state index is 12.2. The van der Waals surface area contributed by atoms with Crippen LogP contribution in [-0.2, 0) is 6.54 Å². The molecule has 1 amide bonds. The molecule has 0 aliphatic rings. The molecule has 0 saturated carbocycles. The monoisotopic (exact) mass is 309 g/mol. The van der Waals surface area contributed by atoms with Crippen molar-refractivity contribution >= 4 is 33.2 Å². The van der Waals surface area contributed by atoms with E-state index in [0.29, 0.717) is 12.1 Å². The van der Waals surface area contributed by atoms with Gasteiger partial charge >= 0.3 is 0 Å². The summed E-state index contributed by atoms with van der Waals surface area (Å²) < 4.78 is 0.956. The number of nitrogens with one attached hydrogen (secondary N) is 2. The van der Waals surface area contributed by atoms with Crippen LogP contribution in [0.1, 0.15) is 20.8 Å². The first-order valence-electron chi connectivity index (χ1n) is 6.83. The van der Waals surface area contributed by atoms with Gasteiger partial charge in [-0.3, -0.25) is 10.2 Å². The predicted molar refractivity (Wildman–Crippen MR) is 90.5 cm³/mol. The fourth-order valence-electron chi connectivity index (χ4n) is 2.19. The molecule has 0 radical (unpaired) electrons. The highest BCUT2D eigenvalue weighted by molar-refractivity contribution is 7.20. The first-order valence-corrected chi connectivity index (χ1v) is 7.65. The molecule has 0 aliphatic carbocycles. The number of carbonyl (C=O) groups excluding carboxylic acids is 1. The van der Waals surface area contributed by atoms with Crippen LogP contribution < -0.4 is 11.1 Å². The Labute approximate surface area is 132 Å². The van der Waals surface area contributed by atoms with E-state index in [4.69, 9.17) is 11.1 Å². The third-order valence-electron chi connectivity index (χ3n) is 3.34. The number of nitrogens with two attached hydrogens (primary N) is 1. The number of carbonyl (C=O) groups is 1. The molecule has 0 bridgehead atoms. The molecule has 2 aromatic carbocycles. The minimum atomic E-state index is -0.108. The summed E-state index contributed by atoms with van der Waals surface area (Å²) in [5, 5.41) is 11.4. The van der Waals surface area contributed by atoms with E-state index in [9.17, 15) is 4.79 Å². The summed E-state index contributed by atoms with van der Waals surface area (Å²) in [6, 6.07) is 17.2. The Bertz CT molecular complexity index is 839. The van der Waals surface area contributed by atoms with Crippen LogP contribution in [0.15, 0.2) is 54.6 Å². The van der Waals surface area contributed by atoms with E-state index in [1.54, 1.807) is 6.07 Å². The second-order valence-corrected chi connectivity index (χ2v) is 6.03. The molecule has 4 N–H and O–H groups in total. The van der Waals surface area contributed by atoms with Crippen LogP contribution in [0.3, 0.4) is 0 Å². The number of rotatable bonds is 4. The van der Waals surface area contributed by atoms with Crippen LogP contribution in [0, 0.1) is 5.41 Å². The first-order chi connectivity index (χ1) is 10.6. The number of thiophene rings is 1. The SMILES string of the molecule is N=C(N)c1cc2ccc(C(=O)NCc3ccccc3)cc2s1. The van der Waals surface area contributed by atoms with Crippen molar-refractivity contribution in [2.45, 2.75) is 6.54 Å². The lowest BCUT2D eigenvalue weighted by Crippen LogP contribution is -2.22. The lowest BCUT2D eigenvalue weighted by molar-refractivity contribution is 0.0951. The van der Waals surface area contributed by atoms with Gasteiger partial charge in [0, 0.05) is 16.8 Å². The maximum Gasteiger partial charge on any atom is 0.251 e. The Morgan fingerprint density at radius 2 is 1.91 bits per heavy atom. The van der Waals surface area contributed by atoms with E-state index < -0.39 is 0 Å². The molecule has 22 heavy (non-hydrogen) atoms. The molecule has 3 rings (SSSR count). The van der Waals surface area contributed by atoms with Crippen molar-refractivity contribution in [2.75, 3.05) is 0 Å². The van der Waals surface area contributed by atoms with Gasteiger partial charge in [-0.25, -0.2) is 0 Å². The number of hydrogen-bond acceptors (Lipinski definition) is 3. The smallest absolute Gasteiger partial charge is 0.251 e. The molecule has 0 atom stereocenters. The van der Waals surface area contributed by atoms with Gasteiger partial charge in [-0.1, -0.05) is 36.4 Å². The standard InChI is InChI=1S/C17H15N3OS/c18-16(19)15-8-12-6-7-13(9-14(12)22-15)17(21)20-10-11-4-2-1-3-5-11/h1-9H,10H2,(H3,18,19)(H,20,21). The van der Waals surface area contributed by atoms with Crippen molar-refractivity contribution in [3.63, 3.8) is 0 Å². The average molecular weight is 309 g/mol. The van der Waals surface area contributed by atoms with Crippen LogP contribution in [0.25, 0.3) is 10.1 Å². The Kier molecular flexibility index (Phi) is 3.89. The Balaban J connectivity index is 1.77. The summed E-state index contributed by atoms with van der Waals surface area (Å²) >= 11 is 1.42. The second kappa shape index (κ2) is 5.99. The Hall–Kier alpha value is -2.66. The van der Waals surface area contributed by atoms with Crippen LogP contribution in [0.5, 0.6) is 0 Å². The highest BCUT2D eigenvalue weighted by atomic mass is 32.1. The number of amidine groups is 1. The molecule has 110 valence electrons. The van der Waals surface area contributed by atoms with Gasteiger partial charge in [-0.2, -0.15) is 0 Å². The quantitative estimate of drug-likeness (QED) is 0.511. The van der Waals surface area contributed by atoms with Gasteiger partial charge in [0.25, 0.3) is 5.91 Å². The fourth-order valence-corrected chi connectivity index (χ4v) is 3.15. The van der Waals surface area contributed by atoms with Crippen molar-refractivity contribution in [1.29, 1.82) is 5.41 Å². The third-order valence-corrected chi connectivity index (χ3v) is 4.47. The summed E-state index contributed by atoms with van der Waals surface area (Å²) in [6.07, 6.45) is 0. The third kappa shape index (κ3) is 2.99. The normalized spacial score (nSPS) is 10.5. The van der Waals surface area contributed by atoms with E-state index in [1.807, 2.05) is 48.5 Å². The molecule has 0 saturated heterocycles. The molecule has 1 heterocycles. The fraction of sp³-hybridized carbons (Fsp3) is 0.0588. The topological polar surface area (TPSA) is 79.0 Å². The predicted octanol–water partition coefficient (Wildman–Crippen LogP) is 3.12. The van der Waals surface area contributed by atoms with E-state index in [-0.39, 0.29) is 11.7 Å². The van der Waals surface area contributed by atoms with Gasteiger partial charge in [-0.15, -0.1) is 11.3 Å². The molecule has 4 nitrogen and oxygen atoms in total. The highest BCUT2D eigenvalue weighted by Gasteiger charge is 2.09. The zero-order valence-corrected chi connectivity index (χ0v) is 12.6. The summed E-state index contributed by atoms with van der Waals surface area (Å²) in [6.45, 7) is 0.501. The summed E-state index contributed by atoms with van der Waals surface area (Å²) in [7, 11) is 0. The highest BCUT2D eigenvalue weighted by Crippen LogP contribution is 2.26. The minimum absolute atomic E-state index is 0.0521. The van der Waals surface area contributed by atoms with Gasteiger partial charge in [0.05, 0.1) is 4.88 Å². The van der Waals surface area contributed by atoms with E-state index in [1.165, 1.54) is 11.3 Å². The Morgan fingerprint density at radius 1 is 1.14 bits per heavy atom. The van der Waals surface area contributed by atoms with Crippen LogP contribution in [-0.4, -0.2) is 11.7 Å². The molecule has 0 aliphatic heterocycles. The molecule has 3 aromatic rings. The van der Waals surface area contributed by atoms with Gasteiger partial charge in [0.2, 0.25) is 0 Å². The van der Waals surface area contributed by atoms with E-state index in [0.717, 1.165) is 20.5 Å². The minimum Gasteiger partial charge on any atom is -0.383 e. The van der Waals surface area contributed by atoms with Gasteiger partial charge < -0.3 is 11.1 Å². The molecule has 0 fully saturated rings. The summed E-state index contributed by atoms with van der Waals surface area (Å²) in [4.78, 5) is 12.9. The van der Waals surface area contributed by atoms with Crippen LogP contribution in [0.2, 0.25) is 0 Å². The van der Waals surface area contributed by atoms with Crippen molar-refractivity contribution in [1.82, 2.24) is 5.32 Å². The van der Waals surface area contributed by atoms with Crippen LogP contribution in [0.4, 0.5) is 0 Å². The molecular weight excluding hydrogens is 294 g/mol. The second-order valence-electron chi connectivity index (χ2n) is 4.95. The van der Waals surface area contributed by atoms with Gasteiger partial charge in [0.1, 0.15) is 5.84 Å². The van der Waals surface area contributed by atoms with Gasteiger partial charge in [0.15, 0.2) is 0 Å². The number of nitrogen functional groups attached to an aromatic ring is 1. The van der Waals surface area contributed by atoms with Crippen molar-refractivity contribution in [3.05, 3.63) is 70.6 Å². The summed E-state index contributed by atoms with van der Waals surface area (Å²) in [5.41, 5.74) is 7.18. The zero-order valence-electron chi connectivity index (χ0n) is 11.8. The number of hydrogen-bond donors (Lipinski definition) is 3. The lowest BCUT2D eigenvalue weighted by Gasteiger charge is -2.05.